The molecule has 2 nitrogen and oxygen atoms in total. The highest BCUT2D eigenvalue weighted by molar-refractivity contribution is 5.24. The number of rotatable bonds is 4. The Kier molecular flexibility index (Phi) is 4.11. The molecule has 0 aliphatic heterocycles. The van der Waals surface area contributed by atoms with Gasteiger partial charge in [-0.2, -0.15) is 5.26 Å². The molecule has 2 aromatic rings. The van der Waals surface area contributed by atoms with Crippen LogP contribution >= 0.6 is 0 Å². The molecule has 0 spiro atoms. The Labute approximate surface area is 108 Å². The molecule has 2 aromatic carbocycles. The molecule has 0 saturated heterocycles. The van der Waals surface area contributed by atoms with Crippen LogP contribution in [-0.2, 0) is 6.54 Å². The zero-order valence-electron chi connectivity index (χ0n) is 10.5. The first kappa shape index (κ1) is 12.3. The molecule has 2 heteroatoms. The monoisotopic (exact) mass is 236 g/mol. The molecular formula is C16H16N2. The summed E-state index contributed by atoms with van der Waals surface area (Å²) in [4.78, 5) is 2.06. The fraction of sp³-hybridized carbons (Fsp3) is 0.188. The molecule has 0 aliphatic carbocycles. The lowest BCUT2D eigenvalue weighted by molar-refractivity contribution is 0.283. The highest BCUT2D eigenvalue weighted by atomic mass is 15.1. The molecule has 1 atom stereocenters. The molecule has 0 aliphatic rings. The lowest BCUT2D eigenvalue weighted by Gasteiger charge is -2.22. The van der Waals surface area contributed by atoms with E-state index in [-0.39, 0.29) is 6.04 Å². The Hall–Kier alpha value is -2.11. The maximum absolute atomic E-state index is 9.34. The zero-order valence-corrected chi connectivity index (χ0v) is 10.5. The van der Waals surface area contributed by atoms with E-state index in [1.54, 1.807) is 0 Å². The van der Waals surface area contributed by atoms with Crippen LogP contribution in [0.25, 0.3) is 0 Å². The van der Waals surface area contributed by atoms with E-state index < -0.39 is 0 Å². The van der Waals surface area contributed by atoms with Crippen molar-refractivity contribution >= 4 is 0 Å². The molecule has 0 aromatic heterocycles. The first-order chi connectivity index (χ1) is 8.81. The van der Waals surface area contributed by atoms with Crippen molar-refractivity contribution in [1.29, 1.82) is 5.26 Å². The molecule has 1 unspecified atom stereocenters. The van der Waals surface area contributed by atoms with Gasteiger partial charge in [0.1, 0.15) is 6.04 Å². The molecule has 0 amide bonds. The van der Waals surface area contributed by atoms with E-state index in [0.29, 0.717) is 0 Å². The van der Waals surface area contributed by atoms with Crippen LogP contribution < -0.4 is 0 Å². The third kappa shape index (κ3) is 2.97. The number of hydrogen-bond donors (Lipinski definition) is 0. The molecule has 18 heavy (non-hydrogen) atoms. The maximum atomic E-state index is 9.34. The summed E-state index contributed by atoms with van der Waals surface area (Å²) in [7, 11) is 1.98. The molecule has 0 N–H and O–H groups in total. The lowest BCUT2D eigenvalue weighted by Crippen LogP contribution is -2.23. The molecule has 90 valence electrons. The van der Waals surface area contributed by atoms with Crippen molar-refractivity contribution in [1.82, 2.24) is 4.90 Å². The first-order valence-corrected chi connectivity index (χ1v) is 6.00. The van der Waals surface area contributed by atoms with E-state index in [2.05, 4.69) is 23.1 Å². The van der Waals surface area contributed by atoms with Gasteiger partial charge in [-0.15, -0.1) is 0 Å². The van der Waals surface area contributed by atoms with E-state index in [1.165, 1.54) is 5.56 Å². The van der Waals surface area contributed by atoms with E-state index in [4.69, 9.17) is 0 Å². The quantitative estimate of drug-likeness (QED) is 0.813. The van der Waals surface area contributed by atoms with E-state index in [1.807, 2.05) is 55.6 Å². The van der Waals surface area contributed by atoms with Crippen molar-refractivity contribution in [3.05, 3.63) is 71.8 Å². The minimum Gasteiger partial charge on any atom is -0.283 e. The SMILES string of the molecule is CN(Cc1ccccc1)C(C#N)c1ccccc1. The Bertz CT molecular complexity index is 514. The number of hydrogen-bond acceptors (Lipinski definition) is 2. The van der Waals surface area contributed by atoms with Crippen molar-refractivity contribution in [2.45, 2.75) is 12.6 Å². The second kappa shape index (κ2) is 6.00. The topological polar surface area (TPSA) is 27.0 Å². The van der Waals surface area contributed by atoms with Gasteiger partial charge in [0.2, 0.25) is 0 Å². The minimum absolute atomic E-state index is 0.202. The van der Waals surface area contributed by atoms with Crippen molar-refractivity contribution in [2.75, 3.05) is 7.05 Å². The summed E-state index contributed by atoms with van der Waals surface area (Å²) in [5.74, 6) is 0. The van der Waals surface area contributed by atoms with E-state index in [9.17, 15) is 5.26 Å². The van der Waals surface area contributed by atoms with Gasteiger partial charge < -0.3 is 0 Å². The van der Waals surface area contributed by atoms with E-state index >= 15 is 0 Å². The molecule has 0 bridgehead atoms. The van der Waals surface area contributed by atoms with Crippen LogP contribution in [0.2, 0.25) is 0 Å². The van der Waals surface area contributed by atoms with Gasteiger partial charge in [-0.05, 0) is 18.2 Å². The number of nitrogens with zero attached hydrogens (tertiary/aromatic N) is 2. The molecule has 0 fully saturated rings. The Morgan fingerprint density at radius 3 is 2.11 bits per heavy atom. The normalized spacial score (nSPS) is 12.1. The highest BCUT2D eigenvalue weighted by Gasteiger charge is 2.15. The zero-order chi connectivity index (χ0) is 12.8. The van der Waals surface area contributed by atoms with Crippen molar-refractivity contribution in [2.24, 2.45) is 0 Å². The fourth-order valence-electron chi connectivity index (χ4n) is 2.03. The Morgan fingerprint density at radius 1 is 1.00 bits per heavy atom. The van der Waals surface area contributed by atoms with Gasteiger partial charge >= 0.3 is 0 Å². The van der Waals surface area contributed by atoms with E-state index in [0.717, 1.165) is 12.1 Å². The Morgan fingerprint density at radius 2 is 1.56 bits per heavy atom. The predicted octanol–water partition coefficient (Wildman–Crippen LogP) is 3.38. The smallest absolute Gasteiger partial charge is 0.123 e. The lowest BCUT2D eigenvalue weighted by atomic mass is 10.1. The Balaban J connectivity index is 2.12. The minimum atomic E-state index is -0.202. The standard InChI is InChI=1S/C16H16N2/c1-18(13-14-8-4-2-5-9-14)16(12-17)15-10-6-3-7-11-15/h2-11,16H,13H2,1H3. The van der Waals surface area contributed by atoms with Gasteiger partial charge in [0.25, 0.3) is 0 Å². The van der Waals surface area contributed by atoms with Gasteiger partial charge in [-0.25, -0.2) is 0 Å². The fourth-order valence-corrected chi connectivity index (χ4v) is 2.03. The summed E-state index contributed by atoms with van der Waals surface area (Å²) < 4.78 is 0. The third-order valence-electron chi connectivity index (χ3n) is 2.95. The maximum Gasteiger partial charge on any atom is 0.123 e. The molecule has 0 heterocycles. The second-order valence-corrected chi connectivity index (χ2v) is 4.34. The largest absolute Gasteiger partial charge is 0.283 e. The third-order valence-corrected chi connectivity index (χ3v) is 2.95. The van der Waals surface area contributed by atoms with Gasteiger partial charge in [-0.1, -0.05) is 60.7 Å². The van der Waals surface area contributed by atoms with Crippen LogP contribution in [0.15, 0.2) is 60.7 Å². The summed E-state index contributed by atoms with van der Waals surface area (Å²) in [6.07, 6.45) is 0. The van der Waals surface area contributed by atoms with Gasteiger partial charge in [0, 0.05) is 6.54 Å². The second-order valence-electron chi connectivity index (χ2n) is 4.34. The van der Waals surface area contributed by atoms with Gasteiger partial charge in [0.15, 0.2) is 0 Å². The highest BCUT2D eigenvalue weighted by Crippen LogP contribution is 2.20. The number of benzene rings is 2. The van der Waals surface area contributed by atoms with Crippen molar-refractivity contribution in [3.8, 4) is 6.07 Å². The van der Waals surface area contributed by atoms with Gasteiger partial charge in [-0.3, -0.25) is 4.90 Å². The molecule has 2 rings (SSSR count). The van der Waals surface area contributed by atoms with Crippen LogP contribution in [0.3, 0.4) is 0 Å². The summed E-state index contributed by atoms with van der Waals surface area (Å²) in [6, 6.07) is 22.3. The van der Waals surface area contributed by atoms with Gasteiger partial charge in [0.05, 0.1) is 6.07 Å². The predicted molar refractivity (Wildman–Crippen MR) is 72.7 cm³/mol. The van der Waals surface area contributed by atoms with Crippen LogP contribution in [0.4, 0.5) is 0 Å². The average molecular weight is 236 g/mol. The van der Waals surface area contributed by atoms with Crippen molar-refractivity contribution in [3.63, 3.8) is 0 Å². The summed E-state index contributed by atoms with van der Waals surface area (Å²) >= 11 is 0. The van der Waals surface area contributed by atoms with Crippen LogP contribution in [0.1, 0.15) is 17.2 Å². The first-order valence-electron chi connectivity index (χ1n) is 6.00. The van der Waals surface area contributed by atoms with Crippen molar-refractivity contribution < 1.29 is 0 Å². The summed E-state index contributed by atoms with van der Waals surface area (Å²) in [5.41, 5.74) is 2.26. The van der Waals surface area contributed by atoms with Crippen LogP contribution in [0.5, 0.6) is 0 Å². The average Bonchev–Trinajstić information content (AvgIpc) is 2.42. The number of nitriles is 1. The molecule has 0 radical (unpaired) electrons. The molecular weight excluding hydrogens is 220 g/mol. The molecule has 0 saturated carbocycles. The van der Waals surface area contributed by atoms with Crippen LogP contribution in [-0.4, -0.2) is 11.9 Å². The summed E-state index contributed by atoms with van der Waals surface area (Å²) in [5, 5.41) is 9.34. The summed E-state index contributed by atoms with van der Waals surface area (Å²) in [6.45, 7) is 0.772. The van der Waals surface area contributed by atoms with Crippen LogP contribution in [0, 0.1) is 11.3 Å².